The van der Waals surface area contributed by atoms with Gasteiger partial charge in [0.1, 0.15) is 17.3 Å². The summed E-state index contributed by atoms with van der Waals surface area (Å²) in [5.41, 5.74) is 7.46. The summed E-state index contributed by atoms with van der Waals surface area (Å²) in [6.07, 6.45) is 1.39. The van der Waals surface area contributed by atoms with Gasteiger partial charge in [-0.15, -0.1) is 11.3 Å². The third-order valence-corrected chi connectivity index (χ3v) is 6.49. The number of hydrogen-bond acceptors (Lipinski definition) is 6. The van der Waals surface area contributed by atoms with E-state index in [0.717, 1.165) is 22.1 Å². The molecule has 5 aromatic rings. The maximum Gasteiger partial charge on any atom is 0.271 e. The average Bonchev–Trinajstić information content (AvgIpc) is 3.57. The van der Waals surface area contributed by atoms with Gasteiger partial charge in [-0.1, -0.05) is 41.4 Å². The lowest BCUT2D eigenvalue weighted by Gasteiger charge is -2.03. The molecule has 0 bridgehead atoms. The number of anilines is 2. The number of carbonyl (C=O) groups excluding carboxylic acids is 1. The molecule has 3 aromatic carbocycles. The van der Waals surface area contributed by atoms with Crippen molar-refractivity contribution in [1.29, 1.82) is 0 Å². The minimum absolute atomic E-state index is 0.0107. The maximum absolute atomic E-state index is 13.4. The second-order valence-electron chi connectivity index (χ2n) is 8.14. The molecule has 9 heteroatoms. The fourth-order valence-electron chi connectivity index (χ4n) is 3.46. The van der Waals surface area contributed by atoms with E-state index in [1.807, 2.05) is 48.7 Å². The van der Waals surface area contributed by atoms with Crippen LogP contribution in [0.5, 0.6) is 0 Å². The fraction of sp³-hybridized carbons (Fsp3) is 0.0357. The molecular weight excluding hydrogens is 511 g/mol. The molecule has 0 saturated heterocycles. The number of hydrogen-bond donors (Lipinski definition) is 2. The van der Waals surface area contributed by atoms with E-state index in [1.165, 1.54) is 35.2 Å². The standard InChI is InChI=1S/C28H20ClFN4O2S/c1-17-2-9-21(10-3-17)32-28-33-25(16-37-28)18-4-6-19(7-5-18)27(35)34-31-15-22-11-13-26(36-22)20-8-12-24(30)23(29)14-20/h2-16H,1H3,(H,32,33)(H,34,35)/b31-15+. The number of amides is 1. The number of carbonyl (C=O) groups is 1. The van der Waals surface area contributed by atoms with Gasteiger partial charge < -0.3 is 9.73 Å². The Morgan fingerprint density at radius 1 is 1.03 bits per heavy atom. The Morgan fingerprint density at radius 2 is 1.78 bits per heavy atom. The first-order valence-corrected chi connectivity index (χ1v) is 12.5. The van der Waals surface area contributed by atoms with Crippen molar-refractivity contribution in [2.75, 3.05) is 5.32 Å². The molecule has 0 spiro atoms. The summed E-state index contributed by atoms with van der Waals surface area (Å²) in [6, 6.07) is 23.0. The molecule has 6 nitrogen and oxygen atoms in total. The first-order chi connectivity index (χ1) is 17.9. The summed E-state index contributed by atoms with van der Waals surface area (Å²) in [5, 5.41) is 10.0. The topological polar surface area (TPSA) is 79.5 Å². The molecule has 0 aliphatic heterocycles. The highest BCUT2D eigenvalue weighted by Crippen LogP contribution is 2.28. The van der Waals surface area contributed by atoms with Crippen LogP contribution in [0.1, 0.15) is 21.7 Å². The van der Waals surface area contributed by atoms with Crippen LogP contribution >= 0.6 is 22.9 Å². The Bertz CT molecular complexity index is 1580. The van der Waals surface area contributed by atoms with Gasteiger partial charge >= 0.3 is 0 Å². The summed E-state index contributed by atoms with van der Waals surface area (Å²) in [7, 11) is 0. The molecule has 37 heavy (non-hydrogen) atoms. The Balaban J connectivity index is 1.18. The van der Waals surface area contributed by atoms with Gasteiger partial charge in [0.05, 0.1) is 16.9 Å². The number of benzene rings is 3. The number of aryl methyl sites for hydroxylation is 1. The average molecular weight is 531 g/mol. The minimum atomic E-state index is -0.499. The summed E-state index contributed by atoms with van der Waals surface area (Å²) >= 11 is 7.34. The summed E-state index contributed by atoms with van der Waals surface area (Å²) < 4.78 is 19.0. The zero-order valence-corrected chi connectivity index (χ0v) is 21.1. The minimum Gasteiger partial charge on any atom is -0.455 e. The molecule has 0 saturated carbocycles. The smallest absolute Gasteiger partial charge is 0.271 e. The van der Waals surface area contributed by atoms with Crippen molar-refractivity contribution in [3.63, 3.8) is 0 Å². The van der Waals surface area contributed by atoms with Gasteiger partial charge in [-0.25, -0.2) is 14.8 Å². The number of hydrazone groups is 1. The lowest BCUT2D eigenvalue weighted by atomic mass is 10.1. The van der Waals surface area contributed by atoms with Crippen LogP contribution in [-0.2, 0) is 0 Å². The first kappa shape index (κ1) is 24.4. The molecule has 0 radical (unpaired) electrons. The number of aromatic nitrogens is 1. The lowest BCUT2D eigenvalue weighted by molar-refractivity contribution is 0.0955. The van der Waals surface area contributed by atoms with Crippen LogP contribution in [0.3, 0.4) is 0 Å². The predicted octanol–water partition coefficient (Wildman–Crippen LogP) is 7.68. The molecule has 0 unspecified atom stereocenters. The zero-order chi connectivity index (χ0) is 25.8. The fourth-order valence-corrected chi connectivity index (χ4v) is 4.38. The van der Waals surface area contributed by atoms with Crippen LogP contribution in [0, 0.1) is 12.7 Å². The van der Waals surface area contributed by atoms with E-state index in [1.54, 1.807) is 30.3 Å². The highest BCUT2D eigenvalue weighted by molar-refractivity contribution is 7.14. The Morgan fingerprint density at radius 3 is 2.54 bits per heavy atom. The molecule has 2 heterocycles. The van der Waals surface area contributed by atoms with E-state index in [-0.39, 0.29) is 10.9 Å². The lowest BCUT2D eigenvalue weighted by Crippen LogP contribution is -2.17. The number of thiazole rings is 1. The van der Waals surface area contributed by atoms with E-state index in [0.29, 0.717) is 22.6 Å². The van der Waals surface area contributed by atoms with E-state index in [9.17, 15) is 9.18 Å². The van der Waals surface area contributed by atoms with Crippen LogP contribution in [0.2, 0.25) is 5.02 Å². The third kappa shape index (κ3) is 5.94. The Hall–Kier alpha value is -4.27. The van der Waals surface area contributed by atoms with Crippen molar-refractivity contribution in [3.8, 4) is 22.6 Å². The second kappa shape index (κ2) is 10.8. The van der Waals surface area contributed by atoms with E-state index in [2.05, 4.69) is 20.8 Å². The SMILES string of the molecule is Cc1ccc(Nc2nc(-c3ccc(C(=O)N/N=C/c4ccc(-c5ccc(F)c(Cl)c5)o4)cc3)cs2)cc1. The number of rotatable bonds is 7. The highest BCUT2D eigenvalue weighted by atomic mass is 35.5. The largest absolute Gasteiger partial charge is 0.455 e. The van der Waals surface area contributed by atoms with Crippen LogP contribution in [0.15, 0.2) is 93.8 Å². The van der Waals surface area contributed by atoms with Gasteiger partial charge in [0.2, 0.25) is 0 Å². The molecule has 0 aliphatic rings. The van der Waals surface area contributed by atoms with Crippen molar-refractivity contribution < 1.29 is 13.6 Å². The van der Waals surface area contributed by atoms with E-state index >= 15 is 0 Å². The number of halogens is 2. The van der Waals surface area contributed by atoms with Crippen molar-refractivity contribution in [2.45, 2.75) is 6.92 Å². The van der Waals surface area contributed by atoms with Crippen molar-refractivity contribution in [2.24, 2.45) is 5.10 Å². The molecular formula is C28H20ClFN4O2S. The quantitative estimate of drug-likeness (QED) is 0.167. The van der Waals surface area contributed by atoms with Gasteiger partial charge in [0.15, 0.2) is 5.13 Å². The second-order valence-corrected chi connectivity index (χ2v) is 9.40. The first-order valence-electron chi connectivity index (χ1n) is 11.2. The third-order valence-electron chi connectivity index (χ3n) is 5.44. The molecule has 5 rings (SSSR count). The van der Waals surface area contributed by atoms with Gasteiger partial charge in [-0.05, 0) is 61.5 Å². The molecule has 1 amide bonds. The molecule has 184 valence electrons. The van der Waals surface area contributed by atoms with Gasteiger partial charge in [0.25, 0.3) is 5.91 Å². The van der Waals surface area contributed by atoms with E-state index in [4.69, 9.17) is 16.0 Å². The molecule has 2 aromatic heterocycles. The normalized spacial score (nSPS) is 11.1. The number of nitrogens with zero attached hydrogens (tertiary/aromatic N) is 2. The highest BCUT2D eigenvalue weighted by Gasteiger charge is 2.09. The van der Waals surface area contributed by atoms with Crippen molar-refractivity contribution in [3.05, 3.63) is 112 Å². The van der Waals surface area contributed by atoms with Crippen LogP contribution in [-0.4, -0.2) is 17.1 Å². The summed E-state index contributed by atoms with van der Waals surface area (Å²) in [4.78, 5) is 17.1. The number of nitrogens with one attached hydrogen (secondary N) is 2. The van der Waals surface area contributed by atoms with Gasteiger partial charge in [0, 0.05) is 27.8 Å². The number of furan rings is 1. The van der Waals surface area contributed by atoms with Crippen LogP contribution in [0.25, 0.3) is 22.6 Å². The zero-order valence-electron chi connectivity index (χ0n) is 19.5. The summed E-state index contributed by atoms with van der Waals surface area (Å²) in [6.45, 7) is 2.05. The summed E-state index contributed by atoms with van der Waals surface area (Å²) in [5.74, 6) is 0.0649. The van der Waals surface area contributed by atoms with Gasteiger partial charge in [-0.2, -0.15) is 5.10 Å². The maximum atomic E-state index is 13.4. The molecule has 0 aliphatic carbocycles. The van der Waals surface area contributed by atoms with Crippen molar-refractivity contribution in [1.82, 2.24) is 10.4 Å². The monoisotopic (exact) mass is 530 g/mol. The van der Waals surface area contributed by atoms with Crippen LogP contribution < -0.4 is 10.7 Å². The van der Waals surface area contributed by atoms with Crippen molar-refractivity contribution >= 4 is 45.9 Å². The Kier molecular flexibility index (Phi) is 7.11. The Labute approximate surface area is 221 Å². The molecule has 2 N–H and O–H groups in total. The van der Waals surface area contributed by atoms with Crippen LogP contribution in [0.4, 0.5) is 15.2 Å². The molecule has 0 atom stereocenters. The molecule has 0 fully saturated rings. The predicted molar refractivity (Wildman–Crippen MR) is 146 cm³/mol. The van der Waals surface area contributed by atoms with Gasteiger partial charge in [-0.3, -0.25) is 4.79 Å². The van der Waals surface area contributed by atoms with E-state index < -0.39 is 5.82 Å².